The maximum atomic E-state index is 13.9. The van der Waals surface area contributed by atoms with Crippen molar-refractivity contribution in [1.29, 1.82) is 0 Å². The van der Waals surface area contributed by atoms with Crippen molar-refractivity contribution in [3.63, 3.8) is 0 Å². The van der Waals surface area contributed by atoms with Gasteiger partial charge in [-0.15, -0.1) is 0 Å². The zero-order chi connectivity index (χ0) is 21.1. The van der Waals surface area contributed by atoms with Crippen LogP contribution in [0.25, 0.3) is 0 Å². The van der Waals surface area contributed by atoms with Crippen LogP contribution in [0.15, 0.2) is 66.7 Å². The van der Waals surface area contributed by atoms with Crippen LogP contribution in [-0.2, 0) is 22.0 Å². The van der Waals surface area contributed by atoms with Gasteiger partial charge in [-0.2, -0.15) is 0 Å². The Labute approximate surface area is 177 Å². The molecule has 1 fully saturated rings. The molecule has 30 heavy (non-hydrogen) atoms. The fraction of sp³-hybridized carbons (Fsp3) is 0.167. The Bertz CT molecular complexity index is 1230. The molecule has 2 aliphatic rings. The molecule has 1 amide bonds. The first-order valence-electron chi connectivity index (χ1n) is 9.56. The number of para-hydroxylation sites is 1. The van der Waals surface area contributed by atoms with E-state index in [2.05, 4.69) is 5.32 Å². The zero-order valence-corrected chi connectivity index (χ0v) is 16.5. The lowest BCUT2D eigenvalue weighted by Gasteiger charge is -2.23. The topological polar surface area (TPSA) is 66.4 Å². The third-order valence-corrected chi connectivity index (χ3v) is 6.72. The molecule has 1 spiro atoms. The van der Waals surface area contributed by atoms with Crippen molar-refractivity contribution in [2.24, 2.45) is 0 Å². The number of rotatable bonds is 4. The lowest BCUT2D eigenvalue weighted by atomic mass is 9.78. The quantitative estimate of drug-likeness (QED) is 0.626. The number of anilines is 1. The highest BCUT2D eigenvalue weighted by atomic mass is 35.5. The van der Waals surface area contributed by atoms with Crippen LogP contribution in [0.2, 0.25) is 5.02 Å². The molecule has 3 aromatic rings. The Morgan fingerprint density at radius 3 is 2.67 bits per heavy atom. The number of carboxylic acid groups (broad SMARTS) is 1. The zero-order valence-electron chi connectivity index (χ0n) is 15.8. The van der Waals surface area contributed by atoms with Crippen molar-refractivity contribution in [3.8, 4) is 0 Å². The van der Waals surface area contributed by atoms with Crippen LogP contribution in [0.5, 0.6) is 0 Å². The van der Waals surface area contributed by atoms with Gasteiger partial charge in [0.25, 0.3) is 0 Å². The van der Waals surface area contributed by atoms with Crippen molar-refractivity contribution in [2.45, 2.75) is 23.7 Å². The van der Waals surface area contributed by atoms with E-state index in [0.29, 0.717) is 12.8 Å². The van der Waals surface area contributed by atoms with E-state index in [1.165, 1.54) is 12.1 Å². The molecule has 4 nitrogen and oxygen atoms in total. The van der Waals surface area contributed by atoms with E-state index in [9.17, 15) is 19.1 Å². The summed E-state index contributed by atoms with van der Waals surface area (Å²) in [4.78, 5) is 24.6. The van der Waals surface area contributed by atoms with Gasteiger partial charge in [0.1, 0.15) is 5.82 Å². The van der Waals surface area contributed by atoms with Crippen molar-refractivity contribution in [3.05, 3.63) is 99.8 Å². The Kier molecular flexibility index (Phi) is 4.02. The molecule has 1 heterocycles. The first kappa shape index (κ1) is 18.8. The number of hydrogen-bond acceptors (Lipinski definition) is 2. The van der Waals surface area contributed by atoms with E-state index in [0.717, 1.165) is 22.4 Å². The summed E-state index contributed by atoms with van der Waals surface area (Å²) in [6.45, 7) is 0. The minimum Gasteiger partial charge on any atom is -0.478 e. The van der Waals surface area contributed by atoms with Gasteiger partial charge in [-0.25, -0.2) is 9.18 Å². The lowest BCUT2D eigenvalue weighted by molar-refractivity contribution is -0.118. The molecule has 150 valence electrons. The Hall–Kier alpha value is -3.18. The molecule has 0 bridgehead atoms. The maximum absolute atomic E-state index is 13.9. The van der Waals surface area contributed by atoms with Crippen LogP contribution < -0.4 is 5.32 Å². The van der Waals surface area contributed by atoms with Gasteiger partial charge in [0.05, 0.1) is 16.0 Å². The second-order valence-corrected chi connectivity index (χ2v) is 8.38. The van der Waals surface area contributed by atoms with E-state index in [-0.39, 0.29) is 16.5 Å². The molecule has 0 unspecified atom stereocenters. The Balaban J connectivity index is 1.68. The molecule has 1 aliphatic carbocycles. The molecule has 2 atom stereocenters. The maximum Gasteiger partial charge on any atom is 0.335 e. The van der Waals surface area contributed by atoms with Crippen LogP contribution in [0.4, 0.5) is 10.1 Å². The fourth-order valence-electron chi connectivity index (χ4n) is 5.00. The monoisotopic (exact) mass is 421 g/mol. The molecule has 1 saturated carbocycles. The Morgan fingerprint density at radius 1 is 1.10 bits per heavy atom. The van der Waals surface area contributed by atoms with E-state index in [1.54, 1.807) is 24.3 Å². The molecule has 6 heteroatoms. The van der Waals surface area contributed by atoms with Gasteiger partial charge in [0.2, 0.25) is 5.91 Å². The van der Waals surface area contributed by atoms with Gasteiger partial charge in [-0.1, -0.05) is 48.0 Å². The Morgan fingerprint density at radius 2 is 1.90 bits per heavy atom. The van der Waals surface area contributed by atoms with Gasteiger partial charge in [-0.3, -0.25) is 4.79 Å². The molecular weight excluding hydrogens is 405 g/mol. The minimum absolute atomic E-state index is 0.0000908. The summed E-state index contributed by atoms with van der Waals surface area (Å²) in [5.41, 5.74) is 1.97. The van der Waals surface area contributed by atoms with Crippen LogP contribution >= 0.6 is 11.6 Å². The standard InChI is InChI=1S/C24H17ClFNO3/c25-18-11-16(8-9-19(18)26)23(12-14-4-3-5-15(10-14)21(28)29)13-24(23)17-6-1-2-7-20(17)27-22(24)30/h1-11H,12-13H2,(H,27,30)(H,28,29)/t23-,24+/m0/s1. The molecule has 0 saturated heterocycles. The number of hydrogen-bond donors (Lipinski definition) is 2. The summed E-state index contributed by atoms with van der Waals surface area (Å²) >= 11 is 6.10. The number of nitrogens with one attached hydrogen (secondary N) is 1. The molecule has 3 aromatic carbocycles. The molecule has 5 rings (SSSR count). The number of carboxylic acids is 1. The van der Waals surface area contributed by atoms with Crippen LogP contribution in [0.1, 0.15) is 33.5 Å². The van der Waals surface area contributed by atoms with Crippen molar-refractivity contribution < 1.29 is 19.1 Å². The predicted molar refractivity (Wildman–Crippen MR) is 112 cm³/mol. The first-order valence-corrected chi connectivity index (χ1v) is 9.94. The predicted octanol–water partition coefficient (Wildman–Crippen LogP) is 4.95. The van der Waals surface area contributed by atoms with Gasteiger partial charge in [0, 0.05) is 11.1 Å². The number of aromatic carboxylic acids is 1. The number of carbonyl (C=O) groups excluding carboxylic acids is 1. The second kappa shape index (κ2) is 6.41. The van der Waals surface area contributed by atoms with E-state index < -0.39 is 22.6 Å². The summed E-state index contributed by atoms with van der Waals surface area (Å²) in [6, 6.07) is 18.9. The van der Waals surface area contributed by atoms with Crippen LogP contribution in [0, 0.1) is 5.82 Å². The largest absolute Gasteiger partial charge is 0.478 e. The van der Waals surface area contributed by atoms with E-state index in [1.807, 2.05) is 30.3 Å². The summed E-state index contributed by atoms with van der Waals surface area (Å²) in [6.07, 6.45) is 0.958. The number of carbonyl (C=O) groups is 2. The molecular formula is C24H17ClFNO3. The highest BCUT2D eigenvalue weighted by Crippen LogP contribution is 2.70. The average Bonchev–Trinajstić information content (AvgIpc) is 3.32. The second-order valence-electron chi connectivity index (χ2n) is 7.98. The third-order valence-electron chi connectivity index (χ3n) is 6.43. The minimum atomic E-state index is -1.01. The summed E-state index contributed by atoms with van der Waals surface area (Å²) in [7, 11) is 0. The average molecular weight is 422 g/mol. The molecule has 0 aromatic heterocycles. The molecule has 0 radical (unpaired) electrons. The SMILES string of the molecule is O=C(O)c1cccc(C[C@@]2(c3ccc(F)c(Cl)c3)C[C@@]23C(=O)Nc2ccccc23)c1. The van der Waals surface area contributed by atoms with E-state index >= 15 is 0 Å². The highest BCUT2D eigenvalue weighted by Gasteiger charge is 2.75. The number of halogens is 2. The van der Waals surface area contributed by atoms with Crippen LogP contribution in [-0.4, -0.2) is 17.0 Å². The highest BCUT2D eigenvalue weighted by molar-refractivity contribution is 6.30. The molecule has 1 aliphatic heterocycles. The van der Waals surface area contributed by atoms with Crippen molar-refractivity contribution in [2.75, 3.05) is 5.32 Å². The summed E-state index contributed by atoms with van der Waals surface area (Å²) in [5, 5.41) is 12.3. The van der Waals surface area contributed by atoms with Crippen molar-refractivity contribution >= 4 is 29.2 Å². The lowest BCUT2D eigenvalue weighted by Crippen LogP contribution is -2.31. The van der Waals surface area contributed by atoms with Gasteiger partial charge < -0.3 is 10.4 Å². The number of fused-ring (bicyclic) bond motifs is 2. The summed E-state index contributed by atoms with van der Waals surface area (Å²) < 4.78 is 13.9. The number of benzene rings is 3. The van der Waals surface area contributed by atoms with Gasteiger partial charge in [-0.05, 0) is 59.9 Å². The normalized spacial score (nSPS) is 23.9. The smallest absolute Gasteiger partial charge is 0.335 e. The van der Waals surface area contributed by atoms with E-state index in [4.69, 9.17) is 11.6 Å². The van der Waals surface area contributed by atoms with Crippen LogP contribution in [0.3, 0.4) is 0 Å². The van der Waals surface area contributed by atoms with Gasteiger partial charge >= 0.3 is 5.97 Å². The molecule has 2 N–H and O–H groups in total. The van der Waals surface area contributed by atoms with Crippen molar-refractivity contribution in [1.82, 2.24) is 0 Å². The fourth-order valence-corrected chi connectivity index (χ4v) is 5.18. The van der Waals surface area contributed by atoms with Gasteiger partial charge in [0.15, 0.2) is 0 Å². The summed E-state index contributed by atoms with van der Waals surface area (Å²) in [5.74, 6) is -1.63. The first-order chi connectivity index (χ1) is 14.4. The number of amides is 1. The third kappa shape index (κ3) is 2.52.